The fraction of sp³-hybridized carbons (Fsp3) is 0.100. The van der Waals surface area contributed by atoms with Crippen LogP contribution in [0.15, 0.2) is 36.7 Å². The van der Waals surface area contributed by atoms with Crippen molar-refractivity contribution >= 4 is 6.29 Å². The van der Waals surface area contributed by atoms with E-state index in [0.29, 0.717) is 18.7 Å². The third-order valence-electron chi connectivity index (χ3n) is 1.93. The van der Waals surface area contributed by atoms with E-state index in [9.17, 15) is 4.79 Å². The first-order valence-electron chi connectivity index (χ1n) is 4.27. The molecule has 14 heavy (non-hydrogen) atoms. The highest BCUT2D eigenvalue weighted by Gasteiger charge is 2.02. The molecule has 1 aromatic carbocycles. The highest BCUT2D eigenvalue weighted by molar-refractivity contribution is 5.68. The lowest BCUT2D eigenvalue weighted by molar-refractivity contribution is 0.111. The Hall–Kier alpha value is -1.97. The minimum atomic E-state index is 0.355. The summed E-state index contributed by atoms with van der Waals surface area (Å²) in [6, 6.07) is 9.82. The summed E-state index contributed by atoms with van der Waals surface area (Å²) >= 11 is 0. The zero-order valence-electron chi connectivity index (χ0n) is 7.50. The molecular formula is C10H9N3O. The lowest BCUT2D eigenvalue weighted by Gasteiger charge is -2.01. The van der Waals surface area contributed by atoms with Gasteiger partial charge >= 0.3 is 0 Å². The van der Waals surface area contributed by atoms with Gasteiger partial charge in [-0.25, -0.2) is 9.67 Å². The van der Waals surface area contributed by atoms with Gasteiger partial charge in [0.05, 0.1) is 6.54 Å². The van der Waals surface area contributed by atoms with E-state index in [1.54, 1.807) is 4.68 Å². The molecule has 0 radical (unpaired) electrons. The van der Waals surface area contributed by atoms with Crippen molar-refractivity contribution in [2.24, 2.45) is 0 Å². The van der Waals surface area contributed by atoms with Gasteiger partial charge in [-0.2, -0.15) is 5.10 Å². The zero-order valence-corrected chi connectivity index (χ0v) is 7.50. The fourth-order valence-corrected chi connectivity index (χ4v) is 1.24. The number of rotatable bonds is 3. The Balaban J connectivity index is 2.23. The second kappa shape index (κ2) is 3.83. The number of aldehydes is 1. The van der Waals surface area contributed by atoms with Gasteiger partial charge in [0.1, 0.15) is 6.33 Å². The van der Waals surface area contributed by atoms with Crippen molar-refractivity contribution in [2.45, 2.75) is 6.54 Å². The molecule has 0 fully saturated rings. The molecule has 0 bridgehead atoms. The molecule has 1 aromatic heterocycles. The summed E-state index contributed by atoms with van der Waals surface area (Å²) in [7, 11) is 0. The number of benzene rings is 1. The minimum absolute atomic E-state index is 0.355. The van der Waals surface area contributed by atoms with E-state index in [1.165, 1.54) is 6.33 Å². The van der Waals surface area contributed by atoms with Crippen molar-refractivity contribution < 1.29 is 4.79 Å². The molecule has 2 aromatic rings. The molecule has 0 amide bonds. The zero-order chi connectivity index (χ0) is 9.80. The van der Waals surface area contributed by atoms with Crippen LogP contribution >= 0.6 is 0 Å². The van der Waals surface area contributed by atoms with Gasteiger partial charge in [-0.15, -0.1) is 0 Å². The first-order chi connectivity index (χ1) is 6.90. The van der Waals surface area contributed by atoms with Crippen LogP contribution < -0.4 is 0 Å². The average Bonchev–Trinajstić information content (AvgIpc) is 2.67. The lowest BCUT2D eigenvalue weighted by atomic mass is 10.2. The average molecular weight is 187 g/mol. The Labute approximate surface area is 81.2 Å². The Morgan fingerprint density at radius 2 is 2.07 bits per heavy atom. The molecule has 70 valence electrons. The van der Waals surface area contributed by atoms with Crippen LogP contribution in [0.1, 0.15) is 16.2 Å². The maximum atomic E-state index is 10.6. The quantitative estimate of drug-likeness (QED) is 0.677. The third-order valence-corrected chi connectivity index (χ3v) is 1.93. The molecule has 4 nitrogen and oxygen atoms in total. The molecule has 0 aliphatic carbocycles. The largest absolute Gasteiger partial charge is 0.294 e. The summed E-state index contributed by atoms with van der Waals surface area (Å²) in [4.78, 5) is 14.4. The van der Waals surface area contributed by atoms with E-state index < -0.39 is 0 Å². The number of aromatic nitrogens is 3. The highest BCUT2D eigenvalue weighted by atomic mass is 16.1. The molecule has 0 saturated carbocycles. The van der Waals surface area contributed by atoms with Crippen molar-refractivity contribution in [1.82, 2.24) is 14.8 Å². The number of hydrogen-bond donors (Lipinski definition) is 0. The number of hydrogen-bond acceptors (Lipinski definition) is 3. The van der Waals surface area contributed by atoms with Crippen LogP contribution in [-0.2, 0) is 6.54 Å². The summed E-state index contributed by atoms with van der Waals surface area (Å²) < 4.78 is 1.57. The van der Waals surface area contributed by atoms with Gasteiger partial charge in [-0.1, -0.05) is 30.3 Å². The standard InChI is InChI=1S/C10H9N3O/c14-7-10-11-8-12-13(10)6-9-4-2-1-3-5-9/h1-5,7-8H,6H2. The van der Waals surface area contributed by atoms with Crippen LogP contribution in [0.5, 0.6) is 0 Å². The van der Waals surface area contributed by atoms with E-state index in [0.717, 1.165) is 5.56 Å². The fourth-order valence-electron chi connectivity index (χ4n) is 1.24. The topological polar surface area (TPSA) is 47.8 Å². The summed E-state index contributed by atoms with van der Waals surface area (Å²) in [5, 5.41) is 3.96. The maximum Gasteiger partial charge on any atom is 0.191 e. The summed E-state index contributed by atoms with van der Waals surface area (Å²) in [6.45, 7) is 0.578. The van der Waals surface area contributed by atoms with Crippen molar-refractivity contribution in [1.29, 1.82) is 0 Å². The second-order valence-electron chi connectivity index (χ2n) is 2.88. The molecule has 4 heteroatoms. The second-order valence-corrected chi connectivity index (χ2v) is 2.88. The Kier molecular flexibility index (Phi) is 2.36. The molecule has 0 unspecified atom stereocenters. The van der Waals surface area contributed by atoms with Crippen LogP contribution in [0, 0.1) is 0 Å². The van der Waals surface area contributed by atoms with E-state index in [4.69, 9.17) is 0 Å². The lowest BCUT2D eigenvalue weighted by Crippen LogP contribution is -2.05. The predicted octanol–water partition coefficient (Wildman–Crippen LogP) is 1.14. The molecule has 1 heterocycles. The van der Waals surface area contributed by atoms with Crippen molar-refractivity contribution in [2.75, 3.05) is 0 Å². The van der Waals surface area contributed by atoms with E-state index in [1.807, 2.05) is 30.3 Å². The highest BCUT2D eigenvalue weighted by Crippen LogP contribution is 2.01. The van der Waals surface area contributed by atoms with Crippen LogP contribution in [0.4, 0.5) is 0 Å². The summed E-state index contributed by atoms with van der Waals surface area (Å²) in [5.41, 5.74) is 1.10. The molecule has 2 rings (SSSR count). The SMILES string of the molecule is O=Cc1ncnn1Cc1ccccc1. The number of nitrogens with zero attached hydrogens (tertiary/aromatic N) is 3. The van der Waals surface area contributed by atoms with Crippen molar-refractivity contribution in [3.05, 3.63) is 48.0 Å². The smallest absolute Gasteiger partial charge is 0.191 e. The number of carbonyl (C=O) groups is 1. The Morgan fingerprint density at radius 3 is 2.79 bits per heavy atom. The van der Waals surface area contributed by atoms with Crippen LogP contribution in [0.25, 0.3) is 0 Å². The van der Waals surface area contributed by atoms with Gasteiger partial charge in [0, 0.05) is 0 Å². The first-order valence-corrected chi connectivity index (χ1v) is 4.27. The molecule has 0 aliphatic heterocycles. The summed E-state index contributed by atoms with van der Waals surface area (Å²) in [5.74, 6) is 0.355. The van der Waals surface area contributed by atoms with Gasteiger partial charge < -0.3 is 0 Å². The minimum Gasteiger partial charge on any atom is -0.294 e. The van der Waals surface area contributed by atoms with Gasteiger partial charge in [-0.3, -0.25) is 4.79 Å². The van der Waals surface area contributed by atoms with E-state index >= 15 is 0 Å². The summed E-state index contributed by atoms with van der Waals surface area (Å²) in [6.07, 6.45) is 2.09. The Morgan fingerprint density at radius 1 is 1.29 bits per heavy atom. The normalized spacial score (nSPS) is 10.0. The van der Waals surface area contributed by atoms with Crippen LogP contribution in [-0.4, -0.2) is 21.1 Å². The van der Waals surface area contributed by atoms with Crippen molar-refractivity contribution in [3.63, 3.8) is 0 Å². The third kappa shape index (κ3) is 1.69. The van der Waals surface area contributed by atoms with Gasteiger partial charge in [0.15, 0.2) is 12.1 Å². The molecule has 0 spiro atoms. The molecular weight excluding hydrogens is 178 g/mol. The van der Waals surface area contributed by atoms with E-state index in [2.05, 4.69) is 10.1 Å². The molecule has 0 atom stereocenters. The molecule has 0 aliphatic rings. The van der Waals surface area contributed by atoms with E-state index in [-0.39, 0.29) is 0 Å². The molecule has 0 saturated heterocycles. The van der Waals surface area contributed by atoms with Crippen LogP contribution in [0.3, 0.4) is 0 Å². The Bertz CT molecular complexity index is 422. The monoisotopic (exact) mass is 187 g/mol. The maximum absolute atomic E-state index is 10.6. The molecule has 0 N–H and O–H groups in total. The van der Waals surface area contributed by atoms with Gasteiger partial charge in [-0.05, 0) is 5.56 Å². The van der Waals surface area contributed by atoms with Crippen molar-refractivity contribution in [3.8, 4) is 0 Å². The van der Waals surface area contributed by atoms with Gasteiger partial charge in [0.2, 0.25) is 0 Å². The predicted molar refractivity (Wildman–Crippen MR) is 51.0 cm³/mol. The van der Waals surface area contributed by atoms with Crippen LogP contribution in [0.2, 0.25) is 0 Å². The first kappa shape index (κ1) is 8.62. The number of carbonyl (C=O) groups excluding carboxylic acids is 1. The van der Waals surface area contributed by atoms with Gasteiger partial charge in [0.25, 0.3) is 0 Å².